The Kier molecular flexibility index (Phi) is 36.3. The molecule has 15 heteroatoms. The van der Waals surface area contributed by atoms with Crippen LogP contribution in [0.1, 0.15) is 187 Å². The minimum atomic E-state index is -5.16. The highest BCUT2D eigenvalue weighted by atomic mass is 31.2. The third-order valence-electron chi connectivity index (χ3n) is 11.3. The number of ether oxygens (including phenoxy) is 2. The molecule has 0 saturated heterocycles. The molecular formula is C49H87O14P. The van der Waals surface area contributed by atoms with Gasteiger partial charge in [-0.15, -0.1) is 0 Å². The lowest BCUT2D eigenvalue weighted by Gasteiger charge is -2.41. The van der Waals surface area contributed by atoms with Crippen molar-refractivity contribution >= 4 is 19.8 Å². The van der Waals surface area contributed by atoms with Gasteiger partial charge in [-0.3, -0.25) is 18.6 Å². The number of aliphatic hydroxyl groups excluding tert-OH is 6. The Balaban J connectivity index is 2.51. The summed E-state index contributed by atoms with van der Waals surface area (Å²) in [5.74, 6) is -1.23. The van der Waals surface area contributed by atoms with Crippen LogP contribution >= 0.6 is 7.82 Å². The molecule has 14 nitrogen and oxygen atoms in total. The first-order chi connectivity index (χ1) is 30.8. The molecule has 9 atom stereocenters. The number of carbonyl (C=O) groups is 2. The summed E-state index contributed by atoms with van der Waals surface area (Å²) in [6.07, 6.45) is 29.0. The predicted octanol–water partition coefficient (Wildman–Crippen LogP) is 8.92. The fourth-order valence-electron chi connectivity index (χ4n) is 7.24. The largest absolute Gasteiger partial charge is 0.472 e. The normalized spacial score (nSPS) is 22.5. The summed E-state index contributed by atoms with van der Waals surface area (Å²) in [6, 6.07) is 0. The molecule has 4 unspecified atom stereocenters. The fraction of sp³-hybridized carbons (Fsp3) is 0.796. The van der Waals surface area contributed by atoms with Crippen LogP contribution in [0.25, 0.3) is 0 Å². The van der Waals surface area contributed by atoms with Crippen molar-refractivity contribution in [3.05, 3.63) is 48.6 Å². The molecule has 372 valence electrons. The number of esters is 2. The average molecular weight is 931 g/mol. The second-order valence-corrected chi connectivity index (χ2v) is 18.6. The van der Waals surface area contributed by atoms with Gasteiger partial charge in [0.25, 0.3) is 0 Å². The molecular weight excluding hydrogens is 843 g/mol. The molecule has 0 aromatic rings. The standard InChI is InChI=1S/C49H87O14P/c1-3-5-7-9-11-13-14-15-16-17-18-19-20-22-24-28-32-36-42(51)60-38-41(39-61-64(58,59)63-49-47(56)45(54)44(53)46(55)48(49)57)62-43(52)37-33-29-25-27-31-35-40(50)34-30-26-23-21-12-10-8-6-4-2/h12,21,25-27,30-31,35,40-41,44-50,53-57H,3-11,13-20,22-24,28-29,32-34,36-39H2,1-2H3,(H,58,59)/b21-12-,27-25+,30-26-,35-31-/t40?,41-,44?,45-,46+,47-,48-,49?/m1/s1. The maximum absolute atomic E-state index is 12.8. The second-order valence-electron chi connectivity index (χ2n) is 17.2. The first-order valence-electron chi connectivity index (χ1n) is 24.5. The van der Waals surface area contributed by atoms with Crippen LogP contribution in [0.3, 0.4) is 0 Å². The molecule has 0 spiro atoms. The van der Waals surface area contributed by atoms with E-state index in [-0.39, 0.29) is 12.8 Å². The molecule has 0 heterocycles. The van der Waals surface area contributed by atoms with Gasteiger partial charge in [-0.2, -0.15) is 0 Å². The molecule has 0 aromatic carbocycles. The lowest BCUT2D eigenvalue weighted by atomic mass is 9.85. The Morgan fingerprint density at radius 2 is 1.05 bits per heavy atom. The van der Waals surface area contributed by atoms with E-state index >= 15 is 0 Å². The van der Waals surface area contributed by atoms with Crippen LogP contribution in [0.15, 0.2) is 48.6 Å². The van der Waals surface area contributed by atoms with Gasteiger partial charge in [0.05, 0.1) is 12.7 Å². The quantitative estimate of drug-likeness (QED) is 0.0100. The molecule has 64 heavy (non-hydrogen) atoms. The van der Waals surface area contributed by atoms with Gasteiger partial charge >= 0.3 is 19.8 Å². The Morgan fingerprint density at radius 1 is 0.562 bits per heavy atom. The molecule has 0 bridgehead atoms. The molecule has 7 N–H and O–H groups in total. The Hall–Kier alpha value is -2.23. The predicted molar refractivity (Wildman–Crippen MR) is 250 cm³/mol. The lowest BCUT2D eigenvalue weighted by molar-refractivity contribution is -0.220. The number of hydrogen-bond acceptors (Lipinski definition) is 13. The van der Waals surface area contributed by atoms with Gasteiger partial charge in [0.15, 0.2) is 6.10 Å². The summed E-state index contributed by atoms with van der Waals surface area (Å²) >= 11 is 0. The van der Waals surface area contributed by atoms with E-state index < -0.39 is 81.8 Å². The maximum Gasteiger partial charge on any atom is 0.472 e. The van der Waals surface area contributed by atoms with Crippen LogP contribution in [-0.2, 0) is 32.7 Å². The van der Waals surface area contributed by atoms with E-state index in [1.54, 1.807) is 18.2 Å². The highest BCUT2D eigenvalue weighted by Crippen LogP contribution is 2.47. The topological polar surface area (TPSA) is 230 Å². The van der Waals surface area contributed by atoms with Crippen molar-refractivity contribution < 1.29 is 68.2 Å². The fourth-order valence-corrected chi connectivity index (χ4v) is 8.22. The second kappa shape index (κ2) is 38.8. The number of unbranched alkanes of at least 4 members (excludes halogenated alkanes) is 20. The van der Waals surface area contributed by atoms with E-state index in [0.29, 0.717) is 25.7 Å². The average Bonchev–Trinajstić information content (AvgIpc) is 3.27. The van der Waals surface area contributed by atoms with E-state index in [1.807, 2.05) is 18.2 Å². The van der Waals surface area contributed by atoms with Gasteiger partial charge < -0.3 is 45.0 Å². The minimum Gasteiger partial charge on any atom is -0.462 e. The third kappa shape index (κ3) is 30.9. The number of hydrogen-bond donors (Lipinski definition) is 7. The summed E-state index contributed by atoms with van der Waals surface area (Å²) in [5, 5.41) is 60.4. The van der Waals surface area contributed by atoms with Crippen molar-refractivity contribution in [3.63, 3.8) is 0 Å². The summed E-state index contributed by atoms with van der Waals surface area (Å²) in [4.78, 5) is 35.7. The van der Waals surface area contributed by atoms with E-state index in [9.17, 15) is 49.7 Å². The lowest BCUT2D eigenvalue weighted by Crippen LogP contribution is -2.64. The molecule has 1 aliphatic carbocycles. The smallest absolute Gasteiger partial charge is 0.462 e. The van der Waals surface area contributed by atoms with Crippen molar-refractivity contribution in [3.8, 4) is 0 Å². The van der Waals surface area contributed by atoms with Crippen LogP contribution < -0.4 is 0 Å². The number of rotatable bonds is 40. The van der Waals surface area contributed by atoms with Gasteiger partial charge in [-0.1, -0.05) is 178 Å². The minimum absolute atomic E-state index is 0.0376. The summed E-state index contributed by atoms with van der Waals surface area (Å²) in [7, 11) is -5.16. The Bertz CT molecular complexity index is 1320. The summed E-state index contributed by atoms with van der Waals surface area (Å²) in [5.41, 5.74) is 0. The van der Waals surface area contributed by atoms with Crippen LogP contribution in [0, 0.1) is 0 Å². The van der Waals surface area contributed by atoms with Crippen molar-refractivity contribution in [2.24, 2.45) is 0 Å². The van der Waals surface area contributed by atoms with Gasteiger partial charge in [0.2, 0.25) is 0 Å². The first kappa shape index (κ1) is 59.8. The summed E-state index contributed by atoms with van der Waals surface area (Å²) < 4.78 is 33.5. The SMILES string of the molecule is CCCCC/C=C\C/C=C\CC(O)/C=C\C=C\CCCC(=O)O[C@H](COC(=O)CCCCCCCCCCCCCCCCCCC)COP(=O)(O)OC1[C@H](O)[C@H](O)C(O)[C@H](O)[C@H]1O. The zero-order chi connectivity index (χ0) is 47.3. The molecule has 0 amide bonds. The highest BCUT2D eigenvalue weighted by molar-refractivity contribution is 7.47. The monoisotopic (exact) mass is 931 g/mol. The van der Waals surface area contributed by atoms with Gasteiger partial charge in [-0.25, -0.2) is 4.57 Å². The molecule has 0 radical (unpaired) electrons. The van der Waals surface area contributed by atoms with Crippen molar-refractivity contribution in [1.82, 2.24) is 0 Å². The molecule has 0 aliphatic heterocycles. The van der Waals surface area contributed by atoms with Crippen LogP contribution in [-0.4, -0.2) is 110 Å². The number of allylic oxidation sites excluding steroid dienone is 6. The number of carbonyl (C=O) groups excluding carboxylic acids is 2. The zero-order valence-electron chi connectivity index (χ0n) is 39.2. The number of aliphatic hydroxyl groups is 6. The number of phosphoric acid groups is 1. The van der Waals surface area contributed by atoms with Gasteiger partial charge in [0, 0.05) is 12.8 Å². The molecule has 1 saturated carbocycles. The van der Waals surface area contributed by atoms with Crippen LogP contribution in [0.2, 0.25) is 0 Å². The third-order valence-corrected chi connectivity index (χ3v) is 12.2. The Labute approximate surface area is 384 Å². The maximum atomic E-state index is 12.8. The molecule has 1 rings (SSSR count). The number of phosphoric ester groups is 1. The van der Waals surface area contributed by atoms with E-state index in [4.69, 9.17) is 18.5 Å². The Morgan fingerprint density at radius 3 is 1.62 bits per heavy atom. The summed E-state index contributed by atoms with van der Waals surface area (Å²) in [6.45, 7) is 3.16. The van der Waals surface area contributed by atoms with Crippen LogP contribution in [0.5, 0.6) is 0 Å². The van der Waals surface area contributed by atoms with E-state index in [0.717, 1.165) is 32.1 Å². The highest BCUT2D eigenvalue weighted by Gasteiger charge is 2.51. The van der Waals surface area contributed by atoms with E-state index in [2.05, 4.69) is 26.0 Å². The van der Waals surface area contributed by atoms with Gasteiger partial charge in [-0.05, 0) is 44.9 Å². The van der Waals surface area contributed by atoms with Crippen LogP contribution in [0.4, 0.5) is 0 Å². The molecule has 1 fully saturated rings. The van der Waals surface area contributed by atoms with Gasteiger partial charge in [0.1, 0.15) is 43.2 Å². The van der Waals surface area contributed by atoms with E-state index in [1.165, 1.54) is 103 Å². The molecule has 1 aliphatic rings. The van der Waals surface area contributed by atoms with Crippen molar-refractivity contribution in [2.45, 2.75) is 236 Å². The van der Waals surface area contributed by atoms with Crippen molar-refractivity contribution in [1.29, 1.82) is 0 Å². The zero-order valence-corrected chi connectivity index (χ0v) is 40.1. The molecule has 0 aromatic heterocycles. The van der Waals surface area contributed by atoms with Crippen molar-refractivity contribution in [2.75, 3.05) is 13.2 Å². The first-order valence-corrected chi connectivity index (χ1v) is 26.0.